The Labute approximate surface area is 133 Å². The highest BCUT2D eigenvalue weighted by molar-refractivity contribution is 6.29. The molecule has 1 amide bonds. The van der Waals surface area contributed by atoms with Gasteiger partial charge in [-0.1, -0.05) is 11.6 Å². The molecule has 22 heavy (non-hydrogen) atoms. The number of rotatable bonds is 3. The second kappa shape index (κ2) is 5.81. The van der Waals surface area contributed by atoms with Gasteiger partial charge in [0.1, 0.15) is 11.0 Å². The maximum atomic E-state index is 11.9. The largest absolute Gasteiger partial charge is 0.368 e. The van der Waals surface area contributed by atoms with Crippen molar-refractivity contribution in [3.05, 3.63) is 35.0 Å². The SMILES string of the molecule is CCN1C(=O)CCc2cc(Nc3cc(Cl)nc(N)n3)ccc21. The molecule has 0 bridgehead atoms. The van der Waals surface area contributed by atoms with Crippen LogP contribution in [-0.4, -0.2) is 22.4 Å². The monoisotopic (exact) mass is 317 g/mol. The molecule has 114 valence electrons. The maximum absolute atomic E-state index is 11.9. The molecule has 1 aliphatic rings. The van der Waals surface area contributed by atoms with E-state index in [-0.39, 0.29) is 17.0 Å². The van der Waals surface area contributed by atoms with Gasteiger partial charge in [0, 0.05) is 30.4 Å². The van der Waals surface area contributed by atoms with Crippen molar-refractivity contribution in [2.24, 2.45) is 0 Å². The van der Waals surface area contributed by atoms with E-state index in [2.05, 4.69) is 15.3 Å². The summed E-state index contributed by atoms with van der Waals surface area (Å²) in [5.74, 6) is 0.832. The number of aryl methyl sites for hydroxylation is 1. The Hall–Kier alpha value is -2.34. The Kier molecular flexibility index (Phi) is 3.85. The second-order valence-electron chi connectivity index (χ2n) is 5.04. The number of hydrogen-bond donors (Lipinski definition) is 2. The van der Waals surface area contributed by atoms with Gasteiger partial charge in [-0.15, -0.1) is 0 Å². The average molecular weight is 318 g/mol. The zero-order chi connectivity index (χ0) is 15.7. The minimum absolute atomic E-state index is 0.121. The first-order valence-electron chi connectivity index (χ1n) is 7.07. The highest BCUT2D eigenvalue weighted by atomic mass is 35.5. The Morgan fingerprint density at radius 1 is 1.32 bits per heavy atom. The third kappa shape index (κ3) is 2.82. The minimum Gasteiger partial charge on any atom is -0.368 e. The number of hydrogen-bond acceptors (Lipinski definition) is 5. The molecule has 0 saturated carbocycles. The molecule has 0 spiro atoms. The Bertz CT molecular complexity index is 714. The summed E-state index contributed by atoms with van der Waals surface area (Å²) in [7, 11) is 0. The van der Waals surface area contributed by atoms with Gasteiger partial charge in [0.05, 0.1) is 0 Å². The minimum atomic E-state index is 0.121. The van der Waals surface area contributed by atoms with Gasteiger partial charge in [-0.05, 0) is 37.1 Å². The normalized spacial score (nSPS) is 13.9. The van der Waals surface area contributed by atoms with E-state index >= 15 is 0 Å². The third-order valence-electron chi connectivity index (χ3n) is 3.58. The van der Waals surface area contributed by atoms with E-state index in [0.717, 1.165) is 23.4 Å². The standard InChI is InChI=1S/C15H16ClN5O/c1-2-21-11-5-4-10(7-9(11)3-6-14(21)22)18-13-8-12(16)19-15(17)20-13/h4-5,7-8H,2-3,6H2,1H3,(H3,17,18,19,20). The van der Waals surface area contributed by atoms with E-state index in [4.69, 9.17) is 17.3 Å². The number of nitrogens with one attached hydrogen (secondary N) is 1. The number of fused-ring (bicyclic) bond motifs is 1. The molecule has 1 aliphatic heterocycles. The first-order chi connectivity index (χ1) is 10.6. The molecule has 0 unspecified atom stereocenters. The number of nitrogens with zero attached hydrogens (tertiary/aromatic N) is 3. The van der Waals surface area contributed by atoms with Gasteiger partial charge >= 0.3 is 0 Å². The van der Waals surface area contributed by atoms with Crippen molar-refractivity contribution in [1.82, 2.24) is 9.97 Å². The second-order valence-corrected chi connectivity index (χ2v) is 5.43. The molecule has 7 heteroatoms. The van der Waals surface area contributed by atoms with Crippen LogP contribution < -0.4 is 16.0 Å². The fourth-order valence-corrected chi connectivity index (χ4v) is 2.82. The van der Waals surface area contributed by atoms with Gasteiger partial charge in [-0.25, -0.2) is 4.98 Å². The van der Waals surface area contributed by atoms with Crippen LogP contribution >= 0.6 is 11.6 Å². The van der Waals surface area contributed by atoms with Crippen LogP contribution in [0.25, 0.3) is 0 Å². The van der Waals surface area contributed by atoms with Gasteiger partial charge in [0.2, 0.25) is 11.9 Å². The van der Waals surface area contributed by atoms with E-state index in [1.165, 1.54) is 0 Å². The van der Waals surface area contributed by atoms with E-state index in [1.807, 2.05) is 30.0 Å². The maximum Gasteiger partial charge on any atom is 0.227 e. The van der Waals surface area contributed by atoms with Crippen LogP contribution in [0.1, 0.15) is 18.9 Å². The third-order valence-corrected chi connectivity index (χ3v) is 3.77. The molecule has 1 aromatic carbocycles. The van der Waals surface area contributed by atoms with Crippen LogP contribution in [0.15, 0.2) is 24.3 Å². The van der Waals surface area contributed by atoms with E-state index in [9.17, 15) is 4.79 Å². The zero-order valence-electron chi connectivity index (χ0n) is 12.1. The van der Waals surface area contributed by atoms with Gasteiger partial charge in [-0.2, -0.15) is 4.98 Å². The van der Waals surface area contributed by atoms with Crippen molar-refractivity contribution in [2.75, 3.05) is 22.5 Å². The Morgan fingerprint density at radius 3 is 2.86 bits per heavy atom. The lowest BCUT2D eigenvalue weighted by atomic mass is 10.0. The van der Waals surface area contributed by atoms with Crippen LogP contribution in [0, 0.1) is 0 Å². The lowest BCUT2D eigenvalue weighted by Gasteiger charge is -2.28. The van der Waals surface area contributed by atoms with Crippen molar-refractivity contribution >= 4 is 40.6 Å². The number of benzene rings is 1. The summed E-state index contributed by atoms with van der Waals surface area (Å²) in [6.45, 7) is 2.65. The molecule has 0 atom stereocenters. The van der Waals surface area contributed by atoms with Crippen LogP contribution in [0.4, 0.5) is 23.1 Å². The molecule has 0 radical (unpaired) electrons. The quantitative estimate of drug-likeness (QED) is 0.850. The number of anilines is 4. The van der Waals surface area contributed by atoms with Crippen LogP contribution in [-0.2, 0) is 11.2 Å². The predicted octanol–water partition coefficient (Wildman–Crippen LogP) is 2.75. The topological polar surface area (TPSA) is 84.1 Å². The molecule has 6 nitrogen and oxygen atoms in total. The zero-order valence-corrected chi connectivity index (χ0v) is 12.9. The fourth-order valence-electron chi connectivity index (χ4n) is 2.63. The predicted molar refractivity (Wildman–Crippen MR) is 87.5 cm³/mol. The number of amides is 1. The van der Waals surface area contributed by atoms with E-state index in [1.54, 1.807) is 6.07 Å². The molecule has 1 aromatic heterocycles. The van der Waals surface area contributed by atoms with Crippen molar-refractivity contribution in [2.45, 2.75) is 19.8 Å². The van der Waals surface area contributed by atoms with Crippen LogP contribution in [0.5, 0.6) is 0 Å². The van der Waals surface area contributed by atoms with Gasteiger partial charge in [0.25, 0.3) is 0 Å². The lowest BCUT2D eigenvalue weighted by molar-refractivity contribution is -0.118. The van der Waals surface area contributed by atoms with Crippen molar-refractivity contribution < 1.29 is 4.79 Å². The van der Waals surface area contributed by atoms with Crippen LogP contribution in [0.2, 0.25) is 5.15 Å². The fraction of sp³-hybridized carbons (Fsp3) is 0.267. The number of halogens is 1. The highest BCUT2D eigenvalue weighted by Gasteiger charge is 2.22. The first-order valence-corrected chi connectivity index (χ1v) is 7.45. The number of nitrogen functional groups attached to an aromatic ring is 1. The van der Waals surface area contributed by atoms with E-state index < -0.39 is 0 Å². The van der Waals surface area contributed by atoms with Gasteiger partial charge in [0.15, 0.2) is 0 Å². The van der Waals surface area contributed by atoms with Gasteiger partial charge in [-0.3, -0.25) is 4.79 Å². The highest BCUT2D eigenvalue weighted by Crippen LogP contribution is 2.31. The van der Waals surface area contributed by atoms with Gasteiger partial charge < -0.3 is 16.0 Å². The molecule has 2 aromatic rings. The smallest absolute Gasteiger partial charge is 0.227 e. The van der Waals surface area contributed by atoms with Crippen molar-refractivity contribution in [3.8, 4) is 0 Å². The summed E-state index contributed by atoms with van der Waals surface area (Å²) in [4.78, 5) is 21.6. The molecule has 2 heterocycles. The molecule has 0 saturated heterocycles. The molecule has 0 aliphatic carbocycles. The number of nitrogens with two attached hydrogens (primary N) is 1. The summed E-state index contributed by atoms with van der Waals surface area (Å²) in [5, 5.41) is 3.45. The molecule has 3 N–H and O–H groups in total. The van der Waals surface area contributed by atoms with Crippen LogP contribution in [0.3, 0.4) is 0 Å². The summed E-state index contributed by atoms with van der Waals surface area (Å²) in [6.07, 6.45) is 1.28. The summed E-state index contributed by atoms with van der Waals surface area (Å²) in [6, 6.07) is 7.49. The lowest BCUT2D eigenvalue weighted by Crippen LogP contribution is -2.34. The summed E-state index contributed by atoms with van der Waals surface area (Å²) < 4.78 is 0. The van der Waals surface area contributed by atoms with Crippen molar-refractivity contribution in [3.63, 3.8) is 0 Å². The Balaban J connectivity index is 1.89. The average Bonchev–Trinajstić information content (AvgIpc) is 2.46. The number of carbonyl (C=O) groups excluding carboxylic acids is 1. The number of carbonyl (C=O) groups is 1. The molecular weight excluding hydrogens is 302 g/mol. The summed E-state index contributed by atoms with van der Waals surface area (Å²) in [5.41, 5.74) is 8.57. The molecule has 3 rings (SSSR count). The molecule has 0 fully saturated rings. The van der Waals surface area contributed by atoms with Crippen molar-refractivity contribution in [1.29, 1.82) is 0 Å². The summed E-state index contributed by atoms with van der Waals surface area (Å²) >= 11 is 5.87. The molecular formula is C15H16ClN5O. The van der Waals surface area contributed by atoms with E-state index in [0.29, 0.717) is 18.8 Å². The first kappa shape index (κ1) is 14.6. The number of aromatic nitrogens is 2. The Morgan fingerprint density at radius 2 is 2.14 bits per heavy atom.